The fraction of sp³-hybridized carbons (Fsp3) is 0.208. The number of halogens is 1. The van der Waals surface area contributed by atoms with Gasteiger partial charge in [-0.05, 0) is 55.3 Å². The summed E-state index contributed by atoms with van der Waals surface area (Å²) in [6.07, 6.45) is 4.61. The lowest BCUT2D eigenvalue weighted by Crippen LogP contribution is -2.44. The van der Waals surface area contributed by atoms with Crippen molar-refractivity contribution in [2.75, 3.05) is 23.7 Å². The SMILES string of the molecule is O=C(Nc1ccc(Cl)cn1)c1cccc(NC(=O)N2CCCC(n3c(=O)[nH]c4cccnc43)C2)c1. The van der Waals surface area contributed by atoms with E-state index in [2.05, 4.69) is 25.6 Å². The zero-order chi connectivity index (χ0) is 24.4. The topological polar surface area (TPSA) is 125 Å². The third-order valence-corrected chi connectivity index (χ3v) is 6.09. The van der Waals surface area contributed by atoms with Gasteiger partial charge in [0.1, 0.15) is 5.82 Å². The Hall–Kier alpha value is -4.18. The number of H-pyrrole nitrogens is 1. The number of carbonyl (C=O) groups is 2. The minimum Gasteiger partial charge on any atom is -0.322 e. The summed E-state index contributed by atoms with van der Waals surface area (Å²) in [5.41, 5.74) is 1.87. The van der Waals surface area contributed by atoms with E-state index in [1.165, 1.54) is 6.20 Å². The molecule has 5 rings (SSSR count). The molecular weight excluding hydrogens is 470 g/mol. The van der Waals surface area contributed by atoms with Crippen molar-refractivity contribution in [1.82, 2.24) is 24.4 Å². The lowest BCUT2D eigenvalue weighted by Gasteiger charge is -2.33. The first-order valence-electron chi connectivity index (χ1n) is 11.1. The number of likely N-dealkylation sites (tertiary alicyclic amines) is 1. The predicted molar refractivity (Wildman–Crippen MR) is 133 cm³/mol. The molecule has 3 amide bonds. The largest absolute Gasteiger partial charge is 0.327 e. The minimum absolute atomic E-state index is 0.186. The number of piperidine rings is 1. The fourth-order valence-electron chi connectivity index (χ4n) is 4.23. The van der Waals surface area contributed by atoms with E-state index >= 15 is 0 Å². The molecule has 1 aliphatic rings. The van der Waals surface area contributed by atoms with Crippen molar-refractivity contribution < 1.29 is 9.59 Å². The van der Waals surface area contributed by atoms with Gasteiger partial charge >= 0.3 is 11.7 Å². The van der Waals surface area contributed by atoms with E-state index in [0.29, 0.717) is 46.3 Å². The van der Waals surface area contributed by atoms with E-state index in [1.54, 1.807) is 64.2 Å². The Morgan fingerprint density at radius 2 is 1.97 bits per heavy atom. The van der Waals surface area contributed by atoms with Crippen LogP contribution >= 0.6 is 11.6 Å². The van der Waals surface area contributed by atoms with E-state index < -0.39 is 0 Å². The molecule has 1 atom stereocenters. The number of pyridine rings is 2. The summed E-state index contributed by atoms with van der Waals surface area (Å²) in [5.74, 6) is 0.00961. The molecule has 10 nitrogen and oxygen atoms in total. The van der Waals surface area contributed by atoms with Gasteiger partial charge in [0.05, 0.1) is 16.6 Å². The molecule has 4 heterocycles. The van der Waals surface area contributed by atoms with Crippen LogP contribution in [-0.2, 0) is 0 Å². The van der Waals surface area contributed by atoms with Crippen molar-refractivity contribution in [3.63, 3.8) is 0 Å². The number of amides is 3. The molecular formula is C24H22ClN7O3. The van der Waals surface area contributed by atoms with Crippen LogP contribution in [-0.4, -0.2) is 49.4 Å². The van der Waals surface area contributed by atoms with E-state index in [-0.39, 0.29) is 23.7 Å². The number of nitrogens with one attached hydrogen (secondary N) is 3. The van der Waals surface area contributed by atoms with Gasteiger partial charge in [-0.15, -0.1) is 0 Å². The molecule has 0 spiro atoms. The highest BCUT2D eigenvalue weighted by molar-refractivity contribution is 6.30. The van der Waals surface area contributed by atoms with Gasteiger partial charge in [0.25, 0.3) is 5.91 Å². The van der Waals surface area contributed by atoms with Crippen LogP contribution < -0.4 is 16.3 Å². The Morgan fingerprint density at radius 1 is 1.09 bits per heavy atom. The van der Waals surface area contributed by atoms with Gasteiger partial charge in [-0.3, -0.25) is 9.36 Å². The number of hydrogen-bond donors (Lipinski definition) is 3. The molecule has 11 heteroatoms. The van der Waals surface area contributed by atoms with Crippen molar-refractivity contribution in [2.24, 2.45) is 0 Å². The maximum atomic E-state index is 13.0. The summed E-state index contributed by atoms with van der Waals surface area (Å²) < 4.78 is 1.63. The second-order valence-corrected chi connectivity index (χ2v) is 8.68. The molecule has 4 aromatic rings. The van der Waals surface area contributed by atoms with E-state index in [9.17, 15) is 14.4 Å². The molecule has 1 saturated heterocycles. The van der Waals surface area contributed by atoms with Gasteiger partial charge in [0.2, 0.25) is 0 Å². The molecule has 1 aromatic carbocycles. The average Bonchev–Trinajstić information content (AvgIpc) is 3.21. The number of rotatable bonds is 4. The van der Waals surface area contributed by atoms with Crippen LogP contribution in [0.15, 0.2) is 65.7 Å². The smallest absolute Gasteiger partial charge is 0.322 e. The molecule has 35 heavy (non-hydrogen) atoms. The highest BCUT2D eigenvalue weighted by atomic mass is 35.5. The Balaban J connectivity index is 1.27. The number of aromatic nitrogens is 4. The summed E-state index contributed by atoms with van der Waals surface area (Å²) in [4.78, 5) is 51.1. The molecule has 0 aliphatic carbocycles. The predicted octanol–water partition coefficient (Wildman–Crippen LogP) is 3.89. The maximum absolute atomic E-state index is 13.0. The second-order valence-electron chi connectivity index (χ2n) is 8.24. The Kier molecular flexibility index (Phi) is 6.19. The number of carbonyl (C=O) groups excluding carboxylic acids is 2. The van der Waals surface area contributed by atoms with Gasteiger partial charge in [0.15, 0.2) is 5.65 Å². The Labute approximate surface area is 205 Å². The summed E-state index contributed by atoms with van der Waals surface area (Å²) in [7, 11) is 0. The van der Waals surface area contributed by atoms with Crippen molar-refractivity contribution >= 4 is 46.2 Å². The van der Waals surface area contributed by atoms with Crippen LogP contribution in [0.5, 0.6) is 0 Å². The van der Waals surface area contributed by atoms with Crippen molar-refractivity contribution in [3.05, 3.63) is 82.0 Å². The van der Waals surface area contributed by atoms with Gasteiger partial charge in [-0.2, -0.15) is 0 Å². The third kappa shape index (κ3) is 4.87. The lowest BCUT2D eigenvalue weighted by atomic mass is 10.1. The zero-order valence-electron chi connectivity index (χ0n) is 18.6. The number of urea groups is 1. The molecule has 1 unspecified atom stereocenters. The van der Waals surface area contributed by atoms with Crippen LogP contribution in [0.25, 0.3) is 11.2 Å². The highest BCUT2D eigenvalue weighted by Crippen LogP contribution is 2.24. The minimum atomic E-state index is -0.361. The molecule has 3 N–H and O–H groups in total. The number of nitrogens with zero attached hydrogens (tertiary/aromatic N) is 4. The van der Waals surface area contributed by atoms with Crippen molar-refractivity contribution in [3.8, 4) is 0 Å². The van der Waals surface area contributed by atoms with Crippen LogP contribution in [0.3, 0.4) is 0 Å². The lowest BCUT2D eigenvalue weighted by molar-refractivity contribution is 0.102. The van der Waals surface area contributed by atoms with Crippen LogP contribution in [0.1, 0.15) is 29.2 Å². The van der Waals surface area contributed by atoms with E-state index in [0.717, 1.165) is 12.8 Å². The third-order valence-electron chi connectivity index (χ3n) is 5.87. The second kappa shape index (κ2) is 9.59. The summed E-state index contributed by atoms with van der Waals surface area (Å²) in [6, 6.07) is 13.0. The summed E-state index contributed by atoms with van der Waals surface area (Å²) in [6.45, 7) is 0.937. The normalized spacial score (nSPS) is 15.7. The molecule has 0 bridgehead atoms. The van der Waals surface area contributed by atoms with Gasteiger partial charge in [-0.25, -0.2) is 19.6 Å². The number of anilines is 2. The van der Waals surface area contributed by atoms with Gasteiger partial charge in [0, 0.05) is 36.7 Å². The van der Waals surface area contributed by atoms with E-state index in [1.807, 2.05) is 0 Å². The van der Waals surface area contributed by atoms with Crippen LogP contribution in [0.2, 0.25) is 5.02 Å². The molecule has 0 saturated carbocycles. The first-order valence-corrected chi connectivity index (χ1v) is 11.5. The van der Waals surface area contributed by atoms with Gasteiger partial charge < -0.3 is 20.5 Å². The number of fused-ring (bicyclic) bond motifs is 1. The molecule has 0 radical (unpaired) electrons. The number of hydrogen-bond acceptors (Lipinski definition) is 5. The van der Waals surface area contributed by atoms with Crippen LogP contribution in [0.4, 0.5) is 16.3 Å². The number of aromatic amines is 1. The molecule has 178 valence electrons. The zero-order valence-corrected chi connectivity index (χ0v) is 19.3. The number of benzene rings is 1. The van der Waals surface area contributed by atoms with Gasteiger partial charge in [-0.1, -0.05) is 17.7 Å². The quantitative estimate of drug-likeness (QED) is 0.399. The standard InChI is InChI=1S/C24H22ClN7O3/c25-16-8-9-20(27-13-16)30-22(33)15-4-1-5-17(12-15)28-23(34)31-11-3-6-18(14-31)32-21-19(29-24(32)35)7-2-10-26-21/h1-2,4-5,7-10,12-13,18H,3,6,11,14H2,(H,28,34)(H,29,35)(H,27,30,33). The first kappa shape index (κ1) is 22.6. The molecule has 3 aromatic heterocycles. The number of imidazole rings is 1. The molecule has 1 fully saturated rings. The van der Waals surface area contributed by atoms with Crippen molar-refractivity contribution in [1.29, 1.82) is 0 Å². The fourth-order valence-corrected chi connectivity index (χ4v) is 4.34. The highest BCUT2D eigenvalue weighted by Gasteiger charge is 2.27. The van der Waals surface area contributed by atoms with Crippen molar-refractivity contribution in [2.45, 2.75) is 18.9 Å². The molecule has 1 aliphatic heterocycles. The summed E-state index contributed by atoms with van der Waals surface area (Å²) in [5, 5.41) is 6.03. The Bertz CT molecular complexity index is 1450. The average molecular weight is 492 g/mol. The first-order chi connectivity index (χ1) is 17.0. The maximum Gasteiger partial charge on any atom is 0.327 e. The monoisotopic (exact) mass is 491 g/mol. The van der Waals surface area contributed by atoms with E-state index in [4.69, 9.17) is 11.6 Å². The Morgan fingerprint density at radius 3 is 2.80 bits per heavy atom. The van der Waals surface area contributed by atoms with Crippen LogP contribution in [0, 0.1) is 0 Å². The summed E-state index contributed by atoms with van der Waals surface area (Å²) >= 11 is 5.83.